The monoisotopic (exact) mass is 247 g/mol. The Labute approximate surface area is 111 Å². The van der Waals surface area contributed by atoms with E-state index in [1.807, 2.05) is 0 Å². The molecule has 1 aliphatic rings. The van der Waals surface area contributed by atoms with Gasteiger partial charge in [-0.25, -0.2) is 0 Å². The highest BCUT2D eigenvalue weighted by Gasteiger charge is 2.17. The maximum Gasteiger partial charge on any atom is 0.122 e. The normalized spacial score (nSPS) is 15.5. The van der Waals surface area contributed by atoms with E-state index in [1.54, 1.807) is 7.11 Å². The van der Waals surface area contributed by atoms with Gasteiger partial charge in [-0.1, -0.05) is 26.3 Å². The van der Waals surface area contributed by atoms with E-state index in [4.69, 9.17) is 4.74 Å². The highest BCUT2D eigenvalue weighted by molar-refractivity contribution is 5.43. The average Bonchev–Trinajstić information content (AvgIpc) is 2.43. The van der Waals surface area contributed by atoms with E-state index in [2.05, 4.69) is 30.9 Å². The molecule has 0 N–H and O–H groups in total. The highest BCUT2D eigenvalue weighted by atomic mass is 16.5. The standard InChI is InChI=1S/C16H25NO/c1-4-6-8-17-9-7-14-11-16(18-3)13(5-2)10-15(14)12-17/h10-11H,4-9,12H2,1-3H3. The Kier molecular flexibility index (Phi) is 4.65. The molecule has 0 aliphatic carbocycles. The molecule has 18 heavy (non-hydrogen) atoms. The van der Waals surface area contributed by atoms with E-state index in [1.165, 1.54) is 49.0 Å². The molecule has 0 spiro atoms. The number of rotatable bonds is 5. The average molecular weight is 247 g/mol. The van der Waals surface area contributed by atoms with E-state index in [0.29, 0.717) is 0 Å². The number of hydrogen-bond acceptors (Lipinski definition) is 2. The van der Waals surface area contributed by atoms with Gasteiger partial charge in [-0.15, -0.1) is 0 Å². The van der Waals surface area contributed by atoms with Crippen LogP contribution in [-0.4, -0.2) is 25.1 Å². The number of unbranched alkanes of at least 4 members (excludes halogenated alkanes) is 1. The first-order valence-electron chi connectivity index (χ1n) is 7.19. The summed E-state index contributed by atoms with van der Waals surface area (Å²) in [6.45, 7) is 8.01. The summed E-state index contributed by atoms with van der Waals surface area (Å²) in [5.74, 6) is 1.07. The molecule has 0 unspecified atom stereocenters. The third kappa shape index (κ3) is 2.86. The lowest BCUT2D eigenvalue weighted by atomic mass is 9.95. The third-order valence-electron chi connectivity index (χ3n) is 3.90. The van der Waals surface area contributed by atoms with E-state index in [0.717, 1.165) is 18.7 Å². The van der Waals surface area contributed by atoms with Gasteiger partial charge in [-0.2, -0.15) is 0 Å². The second kappa shape index (κ2) is 6.24. The summed E-state index contributed by atoms with van der Waals surface area (Å²) in [7, 11) is 1.78. The van der Waals surface area contributed by atoms with Crippen molar-refractivity contribution in [1.82, 2.24) is 4.90 Å². The van der Waals surface area contributed by atoms with Gasteiger partial charge < -0.3 is 4.74 Å². The zero-order valence-electron chi connectivity index (χ0n) is 12.0. The fraction of sp³-hybridized carbons (Fsp3) is 0.625. The van der Waals surface area contributed by atoms with Crippen molar-refractivity contribution in [1.29, 1.82) is 0 Å². The number of methoxy groups -OCH3 is 1. The summed E-state index contributed by atoms with van der Waals surface area (Å²) >= 11 is 0. The number of benzene rings is 1. The van der Waals surface area contributed by atoms with Crippen LogP contribution < -0.4 is 4.74 Å². The predicted octanol–water partition coefficient (Wildman–Crippen LogP) is 3.42. The van der Waals surface area contributed by atoms with E-state index in [9.17, 15) is 0 Å². The van der Waals surface area contributed by atoms with Gasteiger partial charge in [0.05, 0.1) is 7.11 Å². The lowest BCUT2D eigenvalue weighted by Crippen LogP contribution is -2.31. The van der Waals surface area contributed by atoms with Crippen LogP contribution in [0, 0.1) is 0 Å². The summed E-state index contributed by atoms with van der Waals surface area (Å²) in [4.78, 5) is 2.58. The van der Waals surface area contributed by atoms with Crippen LogP contribution in [0.3, 0.4) is 0 Å². The molecule has 0 radical (unpaired) electrons. The van der Waals surface area contributed by atoms with Gasteiger partial charge in [-0.05, 0) is 48.6 Å². The van der Waals surface area contributed by atoms with Gasteiger partial charge in [0.25, 0.3) is 0 Å². The third-order valence-corrected chi connectivity index (χ3v) is 3.90. The smallest absolute Gasteiger partial charge is 0.122 e. The molecular formula is C16H25NO. The Hall–Kier alpha value is -1.02. The fourth-order valence-corrected chi connectivity index (χ4v) is 2.74. The van der Waals surface area contributed by atoms with Crippen molar-refractivity contribution in [3.05, 3.63) is 28.8 Å². The highest BCUT2D eigenvalue weighted by Crippen LogP contribution is 2.28. The summed E-state index contributed by atoms with van der Waals surface area (Å²) in [5.41, 5.74) is 4.33. The molecule has 1 aromatic carbocycles. The number of ether oxygens (including phenoxy) is 1. The van der Waals surface area contributed by atoms with Crippen LogP contribution in [0.2, 0.25) is 0 Å². The van der Waals surface area contributed by atoms with Crippen molar-refractivity contribution in [3.8, 4) is 5.75 Å². The molecule has 0 saturated heterocycles. The van der Waals surface area contributed by atoms with Crippen LogP contribution in [0.5, 0.6) is 5.75 Å². The molecule has 1 heterocycles. The van der Waals surface area contributed by atoms with E-state index >= 15 is 0 Å². The quantitative estimate of drug-likeness (QED) is 0.790. The molecule has 100 valence electrons. The number of nitrogens with zero attached hydrogens (tertiary/aromatic N) is 1. The zero-order valence-corrected chi connectivity index (χ0v) is 12.0. The van der Waals surface area contributed by atoms with Crippen LogP contribution in [0.25, 0.3) is 0 Å². The summed E-state index contributed by atoms with van der Waals surface area (Å²) in [6, 6.07) is 4.61. The van der Waals surface area contributed by atoms with Crippen molar-refractivity contribution in [3.63, 3.8) is 0 Å². The first kappa shape index (κ1) is 13.4. The molecule has 0 amide bonds. The first-order chi connectivity index (χ1) is 8.78. The summed E-state index contributed by atoms with van der Waals surface area (Å²) in [5, 5.41) is 0. The van der Waals surface area contributed by atoms with Gasteiger partial charge in [0, 0.05) is 13.1 Å². The van der Waals surface area contributed by atoms with Gasteiger partial charge >= 0.3 is 0 Å². The van der Waals surface area contributed by atoms with E-state index < -0.39 is 0 Å². The van der Waals surface area contributed by atoms with E-state index in [-0.39, 0.29) is 0 Å². The molecule has 0 aromatic heterocycles. The molecule has 2 heteroatoms. The Morgan fingerprint density at radius 1 is 1.22 bits per heavy atom. The number of aryl methyl sites for hydroxylation is 1. The maximum absolute atomic E-state index is 5.48. The Balaban J connectivity index is 2.16. The van der Waals surface area contributed by atoms with Crippen LogP contribution in [0.1, 0.15) is 43.4 Å². The Morgan fingerprint density at radius 3 is 2.72 bits per heavy atom. The van der Waals surface area contributed by atoms with Gasteiger partial charge in [0.2, 0.25) is 0 Å². The zero-order chi connectivity index (χ0) is 13.0. The van der Waals surface area contributed by atoms with Crippen molar-refractivity contribution >= 4 is 0 Å². The predicted molar refractivity (Wildman–Crippen MR) is 76.3 cm³/mol. The fourth-order valence-electron chi connectivity index (χ4n) is 2.74. The lowest BCUT2D eigenvalue weighted by molar-refractivity contribution is 0.250. The topological polar surface area (TPSA) is 12.5 Å². The first-order valence-corrected chi connectivity index (χ1v) is 7.19. The number of hydrogen-bond donors (Lipinski definition) is 0. The molecule has 2 rings (SSSR count). The Bertz CT molecular complexity index is 400. The van der Waals surface area contributed by atoms with Crippen molar-refractivity contribution in [2.24, 2.45) is 0 Å². The molecule has 0 bridgehead atoms. The minimum atomic E-state index is 1.05. The number of fused-ring (bicyclic) bond motifs is 1. The van der Waals surface area contributed by atoms with Crippen LogP contribution in [0.15, 0.2) is 12.1 Å². The Morgan fingerprint density at radius 2 is 2.06 bits per heavy atom. The van der Waals surface area contributed by atoms with Crippen LogP contribution in [-0.2, 0) is 19.4 Å². The SMILES string of the molecule is CCCCN1CCc2cc(OC)c(CC)cc2C1. The minimum Gasteiger partial charge on any atom is -0.496 e. The summed E-state index contributed by atoms with van der Waals surface area (Å²) in [6.07, 6.45) is 4.81. The molecular weight excluding hydrogens is 222 g/mol. The minimum absolute atomic E-state index is 1.05. The second-order valence-electron chi connectivity index (χ2n) is 5.17. The van der Waals surface area contributed by atoms with Crippen molar-refractivity contribution in [2.75, 3.05) is 20.2 Å². The largest absolute Gasteiger partial charge is 0.496 e. The lowest BCUT2D eigenvalue weighted by Gasteiger charge is -2.29. The van der Waals surface area contributed by atoms with Gasteiger partial charge in [0.15, 0.2) is 0 Å². The maximum atomic E-state index is 5.48. The molecule has 1 aliphatic heterocycles. The van der Waals surface area contributed by atoms with Crippen molar-refractivity contribution < 1.29 is 4.74 Å². The molecule has 1 aromatic rings. The van der Waals surface area contributed by atoms with Gasteiger partial charge in [0.1, 0.15) is 5.75 Å². The summed E-state index contributed by atoms with van der Waals surface area (Å²) < 4.78 is 5.48. The molecule has 0 saturated carbocycles. The van der Waals surface area contributed by atoms with Crippen LogP contribution >= 0.6 is 0 Å². The van der Waals surface area contributed by atoms with Crippen LogP contribution in [0.4, 0.5) is 0 Å². The second-order valence-corrected chi connectivity index (χ2v) is 5.17. The molecule has 2 nitrogen and oxygen atoms in total. The molecule has 0 atom stereocenters. The molecule has 0 fully saturated rings. The van der Waals surface area contributed by atoms with Gasteiger partial charge in [-0.3, -0.25) is 4.90 Å². The van der Waals surface area contributed by atoms with Crippen molar-refractivity contribution in [2.45, 2.75) is 46.1 Å².